The van der Waals surface area contributed by atoms with E-state index in [0.717, 1.165) is 22.5 Å². The summed E-state index contributed by atoms with van der Waals surface area (Å²) in [7, 11) is 1.61. The zero-order valence-electron chi connectivity index (χ0n) is 16.9. The molecule has 0 atom stereocenters. The Morgan fingerprint density at radius 1 is 1.03 bits per heavy atom. The summed E-state index contributed by atoms with van der Waals surface area (Å²) in [6, 6.07) is 25.5. The minimum atomic E-state index is 0.465. The van der Waals surface area contributed by atoms with Gasteiger partial charge in [-0.15, -0.1) is 0 Å². The summed E-state index contributed by atoms with van der Waals surface area (Å²) in [5.41, 5.74) is 4.67. The van der Waals surface area contributed by atoms with Gasteiger partial charge in [-0.25, -0.2) is 4.68 Å². The van der Waals surface area contributed by atoms with Crippen molar-refractivity contribution in [3.63, 3.8) is 0 Å². The van der Waals surface area contributed by atoms with E-state index < -0.39 is 0 Å². The van der Waals surface area contributed by atoms with E-state index >= 15 is 0 Å². The van der Waals surface area contributed by atoms with Crippen molar-refractivity contribution < 1.29 is 4.74 Å². The van der Waals surface area contributed by atoms with E-state index in [0.29, 0.717) is 28.1 Å². The van der Waals surface area contributed by atoms with Crippen LogP contribution in [0.5, 0.6) is 5.75 Å². The van der Waals surface area contributed by atoms with Gasteiger partial charge in [0, 0.05) is 28.9 Å². The van der Waals surface area contributed by atoms with Gasteiger partial charge < -0.3 is 15.4 Å². The highest BCUT2D eigenvalue weighted by Gasteiger charge is 2.13. The number of nitrogens with one attached hydrogen (secondary N) is 2. The van der Waals surface area contributed by atoms with Crippen LogP contribution in [0, 0.1) is 0 Å². The van der Waals surface area contributed by atoms with Crippen molar-refractivity contribution in [2.45, 2.75) is 6.54 Å². The molecule has 5 nitrogen and oxygen atoms in total. The Morgan fingerprint density at radius 2 is 1.74 bits per heavy atom. The predicted octanol–water partition coefficient (Wildman–Crippen LogP) is 5.69. The van der Waals surface area contributed by atoms with Crippen LogP contribution in [0.4, 0.5) is 5.69 Å². The third-order valence-electron chi connectivity index (χ3n) is 4.71. The molecule has 0 radical (unpaired) electrons. The molecule has 4 aromatic rings. The van der Waals surface area contributed by atoms with Crippen molar-refractivity contribution in [1.29, 1.82) is 0 Å². The summed E-state index contributed by atoms with van der Waals surface area (Å²) < 4.78 is 7.26. The second-order valence-corrected chi connectivity index (χ2v) is 7.65. The van der Waals surface area contributed by atoms with Crippen molar-refractivity contribution in [2.24, 2.45) is 0 Å². The number of nitrogens with zero attached hydrogens (tertiary/aromatic N) is 2. The Balaban J connectivity index is 1.56. The Kier molecular flexibility index (Phi) is 6.50. The molecule has 0 unspecified atom stereocenters. The number of thiocarbonyl (C=S) groups is 1. The third kappa shape index (κ3) is 5.05. The molecule has 0 aliphatic rings. The summed E-state index contributed by atoms with van der Waals surface area (Å²) in [5.74, 6) is 0.662. The molecule has 0 saturated heterocycles. The summed E-state index contributed by atoms with van der Waals surface area (Å²) in [4.78, 5) is 0. The lowest BCUT2D eigenvalue weighted by atomic mass is 10.1. The minimum absolute atomic E-state index is 0.465. The second-order valence-electron chi connectivity index (χ2n) is 6.80. The molecule has 4 rings (SSSR count). The maximum atomic E-state index is 6.11. The molecule has 2 N–H and O–H groups in total. The van der Waals surface area contributed by atoms with Gasteiger partial charge in [-0.1, -0.05) is 60.1 Å². The van der Waals surface area contributed by atoms with Crippen molar-refractivity contribution in [3.05, 3.63) is 95.6 Å². The van der Waals surface area contributed by atoms with Gasteiger partial charge >= 0.3 is 0 Å². The SMILES string of the molecule is COc1ccc(Cl)cc1NC(=S)NCc1cn(-c2ccccc2)nc1-c1ccccc1. The average Bonchev–Trinajstić information content (AvgIpc) is 3.23. The molecule has 156 valence electrons. The van der Waals surface area contributed by atoms with E-state index in [1.54, 1.807) is 25.3 Å². The van der Waals surface area contributed by atoms with Crippen molar-refractivity contribution in [2.75, 3.05) is 12.4 Å². The summed E-state index contributed by atoms with van der Waals surface area (Å²) in [6.07, 6.45) is 2.02. The first kappa shape index (κ1) is 20.9. The highest BCUT2D eigenvalue weighted by atomic mass is 35.5. The molecule has 0 bridgehead atoms. The molecular weight excluding hydrogens is 428 g/mol. The number of ether oxygens (including phenoxy) is 1. The smallest absolute Gasteiger partial charge is 0.171 e. The minimum Gasteiger partial charge on any atom is -0.495 e. The van der Waals surface area contributed by atoms with Crippen LogP contribution in [-0.2, 0) is 6.54 Å². The fraction of sp³-hybridized carbons (Fsp3) is 0.0833. The number of rotatable bonds is 6. The molecule has 0 spiro atoms. The van der Waals surface area contributed by atoms with E-state index in [2.05, 4.69) is 22.8 Å². The Hall–Kier alpha value is -3.35. The van der Waals surface area contributed by atoms with Gasteiger partial charge in [0.1, 0.15) is 5.75 Å². The van der Waals surface area contributed by atoms with Crippen LogP contribution in [0.2, 0.25) is 5.02 Å². The first-order valence-corrected chi connectivity index (χ1v) is 10.5. The highest BCUT2D eigenvalue weighted by molar-refractivity contribution is 7.80. The number of hydrogen-bond donors (Lipinski definition) is 2. The number of benzene rings is 3. The van der Waals surface area contributed by atoms with Gasteiger partial charge in [-0.05, 0) is 42.5 Å². The molecule has 1 aromatic heterocycles. The predicted molar refractivity (Wildman–Crippen MR) is 130 cm³/mol. The maximum Gasteiger partial charge on any atom is 0.171 e. The second kappa shape index (κ2) is 9.64. The fourth-order valence-electron chi connectivity index (χ4n) is 3.21. The Labute approximate surface area is 191 Å². The molecule has 31 heavy (non-hydrogen) atoms. The van der Waals surface area contributed by atoms with Crippen LogP contribution in [0.1, 0.15) is 5.56 Å². The summed E-state index contributed by atoms with van der Waals surface area (Å²) in [6.45, 7) is 0.506. The van der Waals surface area contributed by atoms with Gasteiger partial charge in [-0.2, -0.15) is 5.10 Å². The topological polar surface area (TPSA) is 51.1 Å². The first-order chi connectivity index (χ1) is 15.1. The van der Waals surface area contributed by atoms with Crippen molar-refractivity contribution in [1.82, 2.24) is 15.1 Å². The monoisotopic (exact) mass is 448 g/mol. The van der Waals surface area contributed by atoms with Crippen LogP contribution < -0.4 is 15.4 Å². The standard InChI is InChI=1S/C24H21ClN4OS/c1-30-22-13-12-19(25)14-21(22)27-24(31)26-15-18-16-29(20-10-6-3-7-11-20)28-23(18)17-8-4-2-5-9-17/h2-14,16H,15H2,1H3,(H2,26,27,31). The number of hydrogen-bond acceptors (Lipinski definition) is 3. The Bertz CT molecular complexity index is 1180. The van der Waals surface area contributed by atoms with Gasteiger partial charge in [0.2, 0.25) is 0 Å². The lowest BCUT2D eigenvalue weighted by molar-refractivity contribution is 0.417. The van der Waals surface area contributed by atoms with E-state index in [9.17, 15) is 0 Å². The number of anilines is 1. The average molecular weight is 449 g/mol. The van der Waals surface area contributed by atoms with Crippen molar-refractivity contribution >= 4 is 34.6 Å². The quantitative estimate of drug-likeness (QED) is 0.371. The molecule has 0 aliphatic carbocycles. The molecule has 0 aliphatic heterocycles. The molecular formula is C24H21ClN4OS. The first-order valence-electron chi connectivity index (χ1n) is 9.72. The van der Waals surface area contributed by atoms with E-state index in [-0.39, 0.29) is 0 Å². The lowest BCUT2D eigenvalue weighted by Gasteiger charge is -2.13. The van der Waals surface area contributed by atoms with Crippen LogP contribution in [0.25, 0.3) is 16.9 Å². The molecule has 7 heteroatoms. The zero-order valence-corrected chi connectivity index (χ0v) is 18.5. The lowest BCUT2D eigenvalue weighted by Crippen LogP contribution is -2.28. The molecule has 0 fully saturated rings. The Morgan fingerprint density at radius 3 is 2.45 bits per heavy atom. The fourth-order valence-corrected chi connectivity index (χ4v) is 3.57. The normalized spacial score (nSPS) is 10.5. The maximum absolute atomic E-state index is 6.11. The zero-order chi connectivity index (χ0) is 21.6. The molecule has 3 aromatic carbocycles. The van der Waals surface area contributed by atoms with Crippen LogP contribution in [0.15, 0.2) is 85.1 Å². The van der Waals surface area contributed by atoms with E-state index in [4.69, 9.17) is 33.7 Å². The summed E-state index contributed by atoms with van der Waals surface area (Å²) >= 11 is 11.6. The summed E-state index contributed by atoms with van der Waals surface area (Å²) in [5, 5.41) is 12.3. The number of halogens is 1. The number of aromatic nitrogens is 2. The molecule has 0 saturated carbocycles. The van der Waals surface area contributed by atoms with Gasteiger partial charge in [-0.3, -0.25) is 0 Å². The van der Waals surface area contributed by atoms with Gasteiger partial charge in [0.15, 0.2) is 5.11 Å². The highest BCUT2D eigenvalue weighted by Crippen LogP contribution is 2.28. The van der Waals surface area contributed by atoms with Gasteiger partial charge in [0.25, 0.3) is 0 Å². The number of para-hydroxylation sites is 1. The largest absolute Gasteiger partial charge is 0.495 e. The van der Waals surface area contributed by atoms with Gasteiger partial charge in [0.05, 0.1) is 24.2 Å². The van der Waals surface area contributed by atoms with Crippen LogP contribution in [-0.4, -0.2) is 22.0 Å². The number of methoxy groups -OCH3 is 1. The molecule has 0 amide bonds. The van der Waals surface area contributed by atoms with Crippen LogP contribution >= 0.6 is 23.8 Å². The third-order valence-corrected chi connectivity index (χ3v) is 5.19. The van der Waals surface area contributed by atoms with Crippen LogP contribution in [0.3, 0.4) is 0 Å². The van der Waals surface area contributed by atoms with Crippen molar-refractivity contribution in [3.8, 4) is 22.7 Å². The van der Waals surface area contributed by atoms with E-state index in [1.165, 1.54) is 0 Å². The molecule has 1 heterocycles. The van der Waals surface area contributed by atoms with E-state index in [1.807, 2.05) is 59.4 Å².